The predicted molar refractivity (Wildman–Crippen MR) is 84.1 cm³/mol. The quantitative estimate of drug-likeness (QED) is 0.567. The van der Waals surface area contributed by atoms with E-state index in [4.69, 9.17) is 4.74 Å². The van der Waals surface area contributed by atoms with Gasteiger partial charge in [0, 0.05) is 22.9 Å². The van der Waals surface area contributed by atoms with Crippen molar-refractivity contribution in [2.24, 2.45) is 0 Å². The molecule has 1 heterocycles. The Labute approximate surface area is 132 Å². The normalized spacial score (nSPS) is 12.5. The van der Waals surface area contributed by atoms with Gasteiger partial charge in [0.15, 0.2) is 11.6 Å². The average Bonchev–Trinajstić information content (AvgIpc) is 2.60. The molecule has 0 fully saturated rings. The van der Waals surface area contributed by atoms with E-state index < -0.39 is 0 Å². The highest BCUT2D eigenvalue weighted by Gasteiger charge is 2.32. The second-order valence-corrected chi connectivity index (χ2v) is 5.17. The Bertz CT molecular complexity index is 932. The van der Waals surface area contributed by atoms with Crippen molar-refractivity contribution in [3.63, 3.8) is 0 Å². The van der Waals surface area contributed by atoms with Crippen LogP contribution in [0.2, 0.25) is 0 Å². The second kappa shape index (κ2) is 5.18. The number of fused-ring (bicyclic) bond motifs is 2. The number of hydrogen-bond donors (Lipinski definition) is 0. The molecule has 3 aromatic rings. The van der Waals surface area contributed by atoms with Crippen molar-refractivity contribution in [2.45, 2.75) is 0 Å². The van der Waals surface area contributed by atoms with E-state index in [1.807, 2.05) is 0 Å². The maximum atomic E-state index is 12.8. The molecule has 4 nitrogen and oxygen atoms in total. The number of carbonyl (C=O) groups is 2. The van der Waals surface area contributed by atoms with Gasteiger partial charge in [-0.3, -0.25) is 14.6 Å². The van der Waals surface area contributed by atoms with Gasteiger partial charge in [-0.05, 0) is 18.2 Å². The Morgan fingerprint density at radius 2 is 1.48 bits per heavy atom. The van der Waals surface area contributed by atoms with Crippen molar-refractivity contribution >= 4 is 11.6 Å². The van der Waals surface area contributed by atoms with Gasteiger partial charge in [-0.15, -0.1) is 0 Å². The summed E-state index contributed by atoms with van der Waals surface area (Å²) in [6.45, 7) is 0. The standard InChI is InChI=1S/C19H11NO3/c21-18-13-6-1-2-7-14(13)19(22)17-15(18)8-3-9-16(17)23-12-5-4-10-20-11-12/h1-11H. The van der Waals surface area contributed by atoms with E-state index in [-0.39, 0.29) is 11.6 Å². The number of nitrogens with zero attached hydrogens (tertiary/aromatic N) is 1. The van der Waals surface area contributed by atoms with E-state index in [0.29, 0.717) is 33.8 Å². The molecule has 110 valence electrons. The summed E-state index contributed by atoms with van der Waals surface area (Å²) in [5.41, 5.74) is 1.52. The highest BCUT2D eigenvalue weighted by Crippen LogP contribution is 2.35. The summed E-state index contributed by atoms with van der Waals surface area (Å²) in [4.78, 5) is 29.4. The van der Waals surface area contributed by atoms with E-state index in [0.717, 1.165) is 0 Å². The lowest BCUT2D eigenvalue weighted by atomic mass is 9.83. The van der Waals surface area contributed by atoms with Crippen molar-refractivity contribution in [1.29, 1.82) is 0 Å². The van der Waals surface area contributed by atoms with Gasteiger partial charge in [0.1, 0.15) is 11.5 Å². The van der Waals surface area contributed by atoms with Gasteiger partial charge in [-0.25, -0.2) is 0 Å². The maximum Gasteiger partial charge on any atom is 0.198 e. The summed E-state index contributed by atoms with van der Waals surface area (Å²) in [6.07, 6.45) is 3.20. The number of ketones is 2. The van der Waals surface area contributed by atoms with Gasteiger partial charge < -0.3 is 4.74 Å². The minimum Gasteiger partial charge on any atom is -0.455 e. The number of pyridine rings is 1. The highest BCUT2D eigenvalue weighted by atomic mass is 16.5. The summed E-state index contributed by atoms with van der Waals surface area (Å²) in [5, 5.41) is 0. The van der Waals surface area contributed by atoms with Crippen LogP contribution < -0.4 is 4.74 Å². The van der Waals surface area contributed by atoms with Crippen LogP contribution in [0.1, 0.15) is 31.8 Å². The van der Waals surface area contributed by atoms with Crippen LogP contribution >= 0.6 is 0 Å². The third kappa shape index (κ3) is 2.12. The Hall–Kier alpha value is -3.27. The topological polar surface area (TPSA) is 56.3 Å². The molecule has 1 aromatic heterocycles. The first kappa shape index (κ1) is 13.4. The van der Waals surface area contributed by atoms with Crippen molar-refractivity contribution in [2.75, 3.05) is 0 Å². The van der Waals surface area contributed by atoms with Crippen LogP contribution in [0.3, 0.4) is 0 Å². The predicted octanol–water partition coefficient (Wildman–Crippen LogP) is 3.65. The van der Waals surface area contributed by atoms with Gasteiger partial charge in [0.25, 0.3) is 0 Å². The summed E-state index contributed by atoms with van der Waals surface area (Å²) in [6, 6.07) is 15.4. The van der Waals surface area contributed by atoms with E-state index in [2.05, 4.69) is 4.98 Å². The highest BCUT2D eigenvalue weighted by molar-refractivity contribution is 6.29. The first-order chi connectivity index (χ1) is 11.3. The SMILES string of the molecule is O=C1c2ccccc2C(=O)c2c(Oc3cccnc3)cccc21. The molecule has 1 aliphatic carbocycles. The number of benzene rings is 2. The van der Waals surface area contributed by atoms with Crippen molar-refractivity contribution in [1.82, 2.24) is 4.98 Å². The third-order valence-corrected chi connectivity index (χ3v) is 3.78. The molecule has 23 heavy (non-hydrogen) atoms. The molecule has 0 N–H and O–H groups in total. The van der Waals surface area contributed by atoms with Gasteiger partial charge in [0.2, 0.25) is 0 Å². The molecule has 0 spiro atoms. The molecule has 0 unspecified atom stereocenters. The summed E-state index contributed by atoms with van der Waals surface area (Å²) in [5.74, 6) is 0.518. The monoisotopic (exact) mass is 301 g/mol. The number of ether oxygens (including phenoxy) is 1. The molecule has 4 heteroatoms. The largest absolute Gasteiger partial charge is 0.455 e. The minimum atomic E-state index is -0.199. The smallest absolute Gasteiger partial charge is 0.198 e. The fourth-order valence-electron chi connectivity index (χ4n) is 2.73. The lowest BCUT2D eigenvalue weighted by Crippen LogP contribution is -2.21. The molecule has 0 aliphatic heterocycles. The molecule has 0 bridgehead atoms. The number of aromatic nitrogens is 1. The van der Waals surface area contributed by atoms with E-state index in [1.54, 1.807) is 67.0 Å². The zero-order valence-electron chi connectivity index (χ0n) is 12.0. The third-order valence-electron chi connectivity index (χ3n) is 3.78. The first-order valence-electron chi connectivity index (χ1n) is 7.15. The van der Waals surface area contributed by atoms with Gasteiger partial charge >= 0.3 is 0 Å². The fourth-order valence-corrected chi connectivity index (χ4v) is 2.73. The lowest BCUT2D eigenvalue weighted by Gasteiger charge is -2.19. The fraction of sp³-hybridized carbons (Fsp3) is 0. The van der Waals surface area contributed by atoms with Gasteiger partial charge in [-0.2, -0.15) is 0 Å². The Balaban J connectivity index is 1.87. The van der Waals surface area contributed by atoms with Crippen LogP contribution in [0.25, 0.3) is 0 Å². The molecule has 0 saturated carbocycles. The summed E-state index contributed by atoms with van der Waals surface area (Å²) >= 11 is 0. The molecule has 4 rings (SSSR count). The summed E-state index contributed by atoms with van der Waals surface area (Å²) in [7, 11) is 0. The van der Waals surface area contributed by atoms with Crippen LogP contribution in [-0.4, -0.2) is 16.6 Å². The van der Waals surface area contributed by atoms with Crippen molar-refractivity contribution in [3.05, 3.63) is 89.2 Å². The van der Waals surface area contributed by atoms with Crippen LogP contribution in [-0.2, 0) is 0 Å². The van der Waals surface area contributed by atoms with Crippen LogP contribution in [0.15, 0.2) is 67.0 Å². The lowest BCUT2D eigenvalue weighted by molar-refractivity contribution is 0.0977. The van der Waals surface area contributed by atoms with Gasteiger partial charge in [-0.1, -0.05) is 36.4 Å². The number of carbonyl (C=O) groups excluding carboxylic acids is 2. The van der Waals surface area contributed by atoms with Gasteiger partial charge in [0.05, 0.1) is 11.8 Å². The molecule has 1 aliphatic rings. The van der Waals surface area contributed by atoms with E-state index >= 15 is 0 Å². The summed E-state index contributed by atoms with van der Waals surface area (Å²) < 4.78 is 5.77. The molecule has 2 aromatic carbocycles. The first-order valence-corrected chi connectivity index (χ1v) is 7.15. The Kier molecular flexibility index (Phi) is 3.01. The van der Waals surface area contributed by atoms with E-state index in [1.165, 1.54) is 0 Å². The number of rotatable bonds is 2. The molecule has 0 radical (unpaired) electrons. The molecular weight excluding hydrogens is 290 g/mol. The van der Waals surface area contributed by atoms with Crippen LogP contribution in [0.5, 0.6) is 11.5 Å². The zero-order chi connectivity index (χ0) is 15.8. The van der Waals surface area contributed by atoms with Crippen molar-refractivity contribution in [3.8, 4) is 11.5 Å². The Morgan fingerprint density at radius 1 is 0.739 bits per heavy atom. The average molecular weight is 301 g/mol. The molecule has 0 saturated heterocycles. The van der Waals surface area contributed by atoms with E-state index in [9.17, 15) is 9.59 Å². The molecule has 0 amide bonds. The number of hydrogen-bond acceptors (Lipinski definition) is 4. The Morgan fingerprint density at radius 3 is 2.22 bits per heavy atom. The maximum absolute atomic E-state index is 12.8. The van der Waals surface area contributed by atoms with Crippen LogP contribution in [0, 0.1) is 0 Å². The second-order valence-electron chi connectivity index (χ2n) is 5.17. The van der Waals surface area contributed by atoms with Crippen molar-refractivity contribution < 1.29 is 14.3 Å². The van der Waals surface area contributed by atoms with Crippen LogP contribution in [0.4, 0.5) is 0 Å². The molecule has 0 atom stereocenters. The minimum absolute atomic E-state index is 0.160. The molecular formula is C19H11NO3. The zero-order valence-corrected chi connectivity index (χ0v) is 12.0.